The van der Waals surface area contributed by atoms with Crippen LogP contribution in [0.1, 0.15) is 11.1 Å². The second-order valence-corrected chi connectivity index (χ2v) is 4.54. The van der Waals surface area contributed by atoms with E-state index in [0.717, 1.165) is 10.0 Å². The molecule has 0 saturated carbocycles. The van der Waals surface area contributed by atoms with Gasteiger partial charge in [0.1, 0.15) is 0 Å². The Morgan fingerprint density at radius 1 is 1.58 bits per heavy atom. The molecule has 0 fully saturated rings. The Labute approximate surface area is 94.0 Å². The molecular formula is C9H7BrIN. The maximum atomic E-state index is 8.53. The van der Waals surface area contributed by atoms with E-state index in [1.165, 1.54) is 9.13 Å². The van der Waals surface area contributed by atoms with Crippen molar-refractivity contribution in [2.75, 3.05) is 0 Å². The van der Waals surface area contributed by atoms with Gasteiger partial charge in [0.25, 0.3) is 0 Å². The van der Waals surface area contributed by atoms with Gasteiger partial charge >= 0.3 is 0 Å². The van der Waals surface area contributed by atoms with Gasteiger partial charge in [-0.1, -0.05) is 22.0 Å². The third-order valence-electron chi connectivity index (χ3n) is 1.60. The Balaban J connectivity index is 3.16. The van der Waals surface area contributed by atoms with E-state index in [2.05, 4.69) is 57.6 Å². The number of hydrogen-bond donors (Lipinski definition) is 0. The highest BCUT2D eigenvalue weighted by molar-refractivity contribution is 14.1. The molecule has 3 heteroatoms. The van der Waals surface area contributed by atoms with Crippen molar-refractivity contribution in [3.05, 3.63) is 31.3 Å². The molecule has 1 rings (SSSR count). The van der Waals surface area contributed by atoms with E-state index < -0.39 is 0 Å². The normalized spacial score (nSPS) is 9.50. The first-order valence-corrected chi connectivity index (χ1v) is 5.34. The lowest BCUT2D eigenvalue weighted by atomic mass is 10.1. The molecular weight excluding hydrogens is 329 g/mol. The summed E-state index contributed by atoms with van der Waals surface area (Å²) in [6.45, 7) is 2.05. The third-order valence-corrected chi connectivity index (χ3v) is 3.50. The van der Waals surface area contributed by atoms with Crippen molar-refractivity contribution in [1.29, 1.82) is 5.26 Å². The minimum atomic E-state index is 0.471. The molecule has 12 heavy (non-hydrogen) atoms. The lowest BCUT2D eigenvalue weighted by Crippen LogP contribution is -1.88. The molecule has 0 N–H and O–H groups in total. The predicted octanol–water partition coefficient (Wildman–Crippen LogP) is 3.43. The van der Waals surface area contributed by atoms with E-state index in [1.54, 1.807) is 0 Å². The summed E-state index contributed by atoms with van der Waals surface area (Å²) in [6.07, 6.45) is 0.471. The van der Waals surface area contributed by atoms with Gasteiger partial charge < -0.3 is 0 Å². The lowest BCUT2D eigenvalue weighted by molar-refractivity contribution is 1.22. The number of nitriles is 1. The molecule has 1 aromatic rings. The summed E-state index contributed by atoms with van der Waals surface area (Å²) in [5.74, 6) is 0. The predicted molar refractivity (Wildman–Crippen MR) is 60.9 cm³/mol. The van der Waals surface area contributed by atoms with E-state index >= 15 is 0 Å². The molecule has 0 bridgehead atoms. The second-order valence-electron chi connectivity index (χ2n) is 2.53. The summed E-state index contributed by atoms with van der Waals surface area (Å²) in [5.41, 5.74) is 2.29. The van der Waals surface area contributed by atoms with E-state index in [9.17, 15) is 0 Å². The fraction of sp³-hybridized carbons (Fsp3) is 0.222. The van der Waals surface area contributed by atoms with Crippen LogP contribution < -0.4 is 0 Å². The SMILES string of the molecule is Cc1cc(CC#N)c(Br)cc1I. The number of nitrogens with zero attached hydrogens (tertiary/aromatic N) is 1. The first-order valence-electron chi connectivity index (χ1n) is 3.46. The third kappa shape index (κ3) is 2.20. The highest BCUT2D eigenvalue weighted by Gasteiger charge is 2.02. The van der Waals surface area contributed by atoms with E-state index in [-0.39, 0.29) is 0 Å². The quantitative estimate of drug-likeness (QED) is 0.721. The van der Waals surface area contributed by atoms with Crippen molar-refractivity contribution in [2.24, 2.45) is 0 Å². The summed E-state index contributed by atoms with van der Waals surface area (Å²) >= 11 is 5.71. The largest absolute Gasteiger partial charge is 0.198 e. The van der Waals surface area contributed by atoms with Crippen molar-refractivity contribution in [2.45, 2.75) is 13.3 Å². The topological polar surface area (TPSA) is 23.8 Å². The zero-order valence-corrected chi connectivity index (χ0v) is 10.3. The second kappa shape index (κ2) is 4.24. The zero-order chi connectivity index (χ0) is 9.14. The number of hydrogen-bond acceptors (Lipinski definition) is 1. The fourth-order valence-corrected chi connectivity index (χ4v) is 2.32. The monoisotopic (exact) mass is 335 g/mol. The summed E-state index contributed by atoms with van der Waals surface area (Å²) in [4.78, 5) is 0. The molecule has 1 nitrogen and oxygen atoms in total. The van der Waals surface area contributed by atoms with Crippen molar-refractivity contribution in [3.63, 3.8) is 0 Å². The van der Waals surface area contributed by atoms with Crippen LogP contribution in [0.2, 0.25) is 0 Å². The van der Waals surface area contributed by atoms with E-state index in [1.807, 2.05) is 6.07 Å². The van der Waals surface area contributed by atoms with Crippen LogP contribution in [0.3, 0.4) is 0 Å². The van der Waals surface area contributed by atoms with Crippen LogP contribution in [0.4, 0.5) is 0 Å². The molecule has 0 aliphatic carbocycles. The number of aryl methyl sites for hydroxylation is 1. The molecule has 0 heterocycles. The Morgan fingerprint density at radius 2 is 2.25 bits per heavy atom. The minimum Gasteiger partial charge on any atom is -0.198 e. The molecule has 0 saturated heterocycles. The smallest absolute Gasteiger partial charge is 0.0670 e. The summed E-state index contributed by atoms with van der Waals surface area (Å²) in [5, 5.41) is 8.53. The van der Waals surface area contributed by atoms with E-state index in [4.69, 9.17) is 5.26 Å². The van der Waals surface area contributed by atoms with Gasteiger partial charge in [0, 0.05) is 8.04 Å². The molecule has 0 aliphatic rings. The average molecular weight is 336 g/mol. The minimum absolute atomic E-state index is 0.471. The van der Waals surface area contributed by atoms with Crippen molar-refractivity contribution >= 4 is 38.5 Å². The summed E-state index contributed by atoms with van der Waals surface area (Å²) in [6, 6.07) is 6.23. The Bertz CT molecular complexity index is 341. The molecule has 1 aromatic carbocycles. The molecule has 0 atom stereocenters. The Hall–Kier alpha value is -0.0800. The molecule has 0 amide bonds. The highest BCUT2D eigenvalue weighted by Crippen LogP contribution is 2.23. The molecule has 0 radical (unpaired) electrons. The van der Waals surface area contributed by atoms with Gasteiger partial charge in [-0.2, -0.15) is 5.26 Å². The first kappa shape index (κ1) is 10.0. The van der Waals surface area contributed by atoms with Crippen LogP contribution in [-0.4, -0.2) is 0 Å². The van der Waals surface area contributed by atoms with Gasteiger partial charge in [0.2, 0.25) is 0 Å². The van der Waals surface area contributed by atoms with Crippen LogP contribution in [0.25, 0.3) is 0 Å². The molecule has 0 aliphatic heterocycles. The van der Waals surface area contributed by atoms with Crippen LogP contribution in [-0.2, 0) is 6.42 Å². The number of benzene rings is 1. The maximum absolute atomic E-state index is 8.53. The summed E-state index contributed by atoms with van der Waals surface area (Å²) < 4.78 is 2.25. The van der Waals surface area contributed by atoms with Crippen LogP contribution in [0.15, 0.2) is 16.6 Å². The molecule has 0 aromatic heterocycles. The van der Waals surface area contributed by atoms with Crippen molar-refractivity contribution < 1.29 is 0 Å². The first-order chi connectivity index (χ1) is 5.65. The Morgan fingerprint density at radius 3 is 2.83 bits per heavy atom. The van der Waals surface area contributed by atoms with Gasteiger partial charge in [0.15, 0.2) is 0 Å². The molecule has 62 valence electrons. The number of halogens is 2. The van der Waals surface area contributed by atoms with Crippen molar-refractivity contribution in [3.8, 4) is 6.07 Å². The molecule has 0 spiro atoms. The van der Waals surface area contributed by atoms with Gasteiger partial charge in [-0.05, 0) is 46.7 Å². The van der Waals surface area contributed by atoms with Gasteiger partial charge in [-0.25, -0.2) is 0 Å². The standard InChI is InChI=1S/C9H7BrIN/c1-6-4-7(2-3-12)8(10)5-9(6)11/h4-5H,2H2,1H3. The van der Waals surface area contributed by atoms with Crippen LogP contribution >= 0.6 is 38.5 Å². The van der Waals surface area contributed by atoms with Gasteiger partial charge in [-0.3, -0.25) is 0 Å². The fourth-order valence-electron chi connectivity index (χ4n) is 0.938. The molecule has 0 unspecified atom stereocenters. The highest BCUT2D eigenvalue weighted by atomic mass is 127. The zero-order valence-electron chi connectivity index (χ0n) is 6.56. The number of rotatable bonds is 1. The van der Waals surface area contributed by atoms with Crippen molar-refractivity contribution in [1.82, 2.24) is 0 Å². The van der Waals surface area contributed by atoms with Gasteiger partial charge in [-0.15, -0.1) is 0 Å². The average Bonchev–Trinajstić information content (AvgIpc) is 2.01. The summed E-state index contributed by atoms with van der Waals surface area (Å²) in [7, 11) is 0. The lowest BCUT2D eigenvalue weighted by Gasteiger charge is -2.03. The maximum Gasteiger partial charge on any atom is 0.0670 e. The van der Waals surface area contributed by atoms with Crippen LogP contribution in [0, 0.1) is 21.8 Å². The van der Waals surface area contributed by atoms with E-state index in [0.29, 0.717) is 6.42 Å². The van der Waals surface area contributed by atoms with Gasteiger partial charge in [0.05, 0.1) is 12.5 Å². The Kier molecular flexibility index (Phi) is 3.53. The van der Waals surface area contributed by atoms with Crippen LogP contribution in [0.5, 0.6) is 0 Å².